The van der Waals surface area contributed by atoms with E-state index in [9.17, 15) is 0 Å². The second kappa shape index (κ2) is 2.33. The Kier molecular flexibility index (Phi) is 2.95. The molecule has 0 amide bonds. The fourth-order valence-electron chi connectivity index (χ4n) is 0. The lowest BCUT2D eigenvalue weighted by atomic mass is 13.9. The van der Waals surface area contributed by atoms with E-state index in [1.54, 1.807) is 0 Å². The molecule has 0 unspecified atom stereocenters. The smallest absolute Gasteiger partial charge is 0.0960 e. The predicted octanol–water partition coefficient (Wildman–Crippen LogP) is 0.566. The highest BCUT2D eigenvalue weighted by atomic mass is 127. The van der Waals surface area contributed by atoms with Crippen LogP contribution < -0.4 is 11.0 Å². The van der Waals surface area contributed by atoms with E-state index in [1.165, 1.54) is 0 Å². The molecule has 0 fully saturated rings. The third-order valence-electron chi connectivity index (χ3n) is 0. The molecule has 0 bridgehead atoms. The molecule has 4 heteroatoms. The van der Waals surface area contributed by atoms with Gasteiger partial charge in [-0.05, 0) is 22.0 Å². The molecule has 0 aromatic rings. The van der Waals surface area contributed by atoms with Gasteiger partial charge in [-0.3, -0.25) is 11.0 Å². The van der Waals surface area contributed by atoms with Crippen LogP contribution in [-0.4, -0.2) is 0 Å². The molecule has 0 radical (unpaired) electrons. The van der Waals surface area contributed by atoms with Gasteiger partial charge in [0, 0.05) is 0 Å². The summed E-state index contributed by atoms with van der Waals surface area (Å²) in [5.41, 5.74) is 9.88. The van der Waals surface area contributed by atoms with Crippen molar-refractivity contribution in [2.24, 2.45) is 11.0 Å². The topological polar surface area (TPSA) is 52.0 Å². The minimum atomic E-state index is -0.650. The molecule has 4 heavy (non-hydrogen) atoms. The lowest BCUT2D eigenvalue weighted by molar-refractivity contribution is 1.86. The summed E-state index contributed by atoms with van der Waals surface area (Å²) in [6, 6.07) is 0. The first-order chi connectivity index (χ1) is 1.73. The molecule has 0 aromatic carbocycles. The van der Waals surface area contributed by atoms with Crippen LogP contribution in [0.2, 0.25) is 0 Å². The van der Waals surface area contributed by atoms with E-state index >= 15 is 0 Å². The first kappa shape index (κ1) is 5.08. The van der Waals surface area contributed by atoms with E-state index in [0.29, 0.717) is 0 Å². The number of halogens is 1. The first-order valence-corrected chi connectivity index (χ1v) is 4.95. The summed E-state index contributed by atoms with van der Waals surface area (Å²) in [6.07, 6.45) is 0. The van der Waals surface area contributed by atoms with Gasteiger partial charge >= 0.3 is 0 Å². The molecule has 0 rings (SSSR count). The Morgan fingerprint density at radius 3 is 1.50 bits per heavy atom. The average Bonchev–Trinajstić information content (AvgIpc) is 0.811. The van der Waals surface area contributed by atoms with Crippen LogP contribution in [0.5, 0.6) is 0 Å². The van der Waals surface area contributed by atoms with Crippen LogP contribution in [0.1, 0.15) is 0 Å². The highest BCUT2D eigenvalue weighted by molar-refractivity contribution is 14.2. The molecule has 26 valence electrons. The van der Waals surface area contributed by atoms with Crippen molar-refractivity contribution < 1.29 is 0 Å². The molecule has 4 N–H and O–H groups in total. The van der Waals surface area contributed by atoms with Gasteiger partial charge in [0.05, 0.1) is 5.87 Å². The fourth-order valence-corrected chi connectivity index (χ4v) is 0. The molecule has 0 aromatic heterocycles. The van der Waals surface area contributed by atoms with Gasteiger partial charge in [0.25, 0.3) is 0 Å². The van der Waals surface area contributed by atoms with Gasteiger partial charge in [-0.1, -0.05) is 0 Å². The molecule has 2 nitrogen and oxygen atoms in total. The monoisotopic (exact) mass is 190 g/mol. The first-order valence-electron chi connectivity index (χ1n) is 0.685. The molecule has 0 atom stereocenters. The highest BCUT2D eigenvalue weighted by Gasteiger charge is 1.69. The predicted molar refractivity (Wildman–Crippen MR) is 29.3 cm³/mol. The van der Waals surface area contributed by atoms with Crippen molar-refractivity contribution in [3.8, 4) is 0 Å². The van der Waals surface area contributed by atoms with Crippen molar-refractivity contribution in [3.05, 3.63) is 0 Å². The van der Waals surface area contributed by atoms with Gasteiger partial charge in [0.1, 0.15) is 0 Å². The van der Waals surface area contributed by atoms with Crippen molar-refractivity contribution in [3.63, 3.8) is 0 Å². The third-order valence-corrected chi connectivity index (χ3v) is 0. The molecule has 0 spiro atoms. The quantitative estimate of drug-likeness (QED) is 0.433. The van der Waals surface area contributed by atoms with Crippen LogP contribution in [0.4, 0.5) is 0 Å². The summed E-state index contributed by atoms with van der Waals surface area (Å²) < 4.78 is 0. The Hall–Kier alpha value is 1.08. The van der Waals surface area contributed by atoms with Crippen LogP contribution in [0.15, 0.2) is 0 Å². The highest BCUT2D eigenvalue weighted by Crippen LogP contribution is 2.23. The van der Waals surface area contributed by atoms with Crippen LogP contribution in [0.25, 0.3) is 0 Å². The van der Waals surface area contributed by atoms with Crippen LogP contribution in [0.3, 0.4) is 0 Å². The molecule has 0 aliphatic rings. The summed E-state index contributed by atoms with van der Waals surface area (Å²) in [5, 5.41) is 0. The van der Waals surface area contributed by atoms with Gasteiger partial charge in [-0.2, -0.15) is 0 Å². The zero-order chi connectivity index (χ0) is 3.58. The molecule has 0 heterocycles. The van der Waals surface area contributed by atoms with Gasteiger partial charge in [0.15, 0.2) is 0 Å². The van der Waals surface area contributed by atoms with E-state index in [-0.39, 0.29) is 0 Å². The summed E-state index contributed by atoms with van der Waals surface area (Å²) in [7, 11) is 0. The largest absolute Gasteiger partial charge is 0.290 e. The zero-order valence-corrected chi connectivity index (χ0v) is 5.03. The summed E-state index contributed by atoms with van der Waals surface area (Å²) in [6.45, 7) is 0. The number of nitrogens with two attached hydrogens (primary N) is 2. The average molecular weight is 190 g/mol. The van der Waals surface area contributed by atoms with E-state index in [1.807, 2.05) is 22.0 Å². The third kappa shape index (κ3) is 11.4. The minimum absolute atomic E-state index is 0.650. The van der Waals surface area contributed by atoms with Gasteiger partial charge < -0.3 is 0 Å². The Bertz CT molecular complexity index is 10.8. The Balaban J connectivity index is 2.32. The van der Waals surface area contributed by atoms with Crippen LogP contribution >= 0.6 is 27.9 Å². The Morgan fingerprint density at radius 2 is 1.50 bits per heavy atom. The number of hydrogen-bond acceptors (Lipinski definition) is 2. The molecule has 0 saturated heterocycles. The standard InChI is InChI=1S/H4IN2P/c1-4(2)3/h2-3H2. The molecule has 0 aliphatic heterocycles. The van der Waals surface area contributed by atoms with E-state index in [2.05, 4.69) is 0 Å². The molecule has 0 saturated carbocycles. The maximum absolute atomic E-state index is 4.94. The van der Waals surface area contributed by atoms with E-state index in [0.717, 1.165) is 0 Å². The van der Waals surface area contributed by atoms with Crippen molar-refractivity contribution >= 4 is 27.9 Å². The normalized spacial score (nSPS) is 9.00. The van der Waals surface area contributed by atoms with Gasteiger partial charge in [0.2, 0.25) is 0 Å². The Morgan fingerprint density at radius 1 is 1.50 bits per heavy atom. The molecular formula is H4IN2P. The van der Waals surface area contributed by atoms with E-state index < -0.39 is 5.87 Å². The maximum Gasteiger partial charge on any atom is 0.0960 e. The second-order valence-electron chi connectivity index (χ2n) is 0.344. The number of rotatable bonds is 0. The van der Waals surface area contributed by atoms with Crippen molar-refractivity contribution in [1.29, 1.82) is 0 Å². The van der Waals surface area contributed by atoms with Crippen molar-refractivity contribution in [2.75, 3.05) is 0 Å². The maximum atomic E-state index is 4.94. The van der Waals surface area contributed by atoms with E-state index in [4.69, 9.17) is 11.0 Å². The summed E-state index contributed by atoms with van der Waals surface area (Å²) in [5.74, 6) is -0.650. The van der Waals surface area contributed by atoms with Gasteiger partial charge in [-0.25, -0.2) is 0 Å². The number of hydrogen-bond donors (Lipinski definition) is 2. The lowest BCUT2D eigenvalue weighted by Gasteiger charge is -1.79. The zero-order valence-electron chi connectivity index (χ0n) is 1.98. The summed E-state index contributed by atoms with van der Waals surface area (Å²) in [4.78, 5) is 0. The lowest BCUT2D eigenvalue weighted by Crippen LogP contribution is -1.86. The second-order valence-corrected chi connectivity index (χ2v) is 4.38. The molecular weight excluding hydrogens is 186 g/mol. The SMILES string of the molecule is NP(N)I. The van der Waals surface area contributed by atoms with Crippen molar-refractivity contribution in [2.45, 2.75) is 0 Å². The van der Waals surface area contributed by atoms with Crippen molar-refractivity contribution in [1.82, 2.24) is 0 Å². The van der Waals surface area contributed by atoms with Crippen LogP contribution in [0, 0.1) is 0 Å². The fraction of sp³-hybridized carbons (Fsp3) is 0. The Labute approximate surface area is 39.3 Å². The van der Waals surface area contributed by atoms with Crippen LogP contribution in [-0.2, 0) is 0 Å². The molecule has 0 aliphatic carbocycles. The van der Waals surface area contributed by atoms with Gasteiger partial charge in [-0.15, -0.1) is 0 Å². The minimum Gasteiger partial charge on any atom is -0.290 e. The summed E-state index contributed by atoms with van der Waals surface area (Å²) >= 11 is 1.96.